The van der Waals surface area contributed by atoms with E-state index in [4.69, 9.17) is 14.2 Å². The van der Waals surface area contributed by atoms with Gasteiger partial charge in [0, 0.05) is 0 Å². The lowest BCUT2D eigenvalue weighted by atomic mass is 10.2. The molecule has 2 aliphatic rings. The molecule has 0 spiro atoms. The molecule has 7 nitrogen and oxygen atoms in total. The van der Waals surface area contributed by atoms with Crippen LogP contribution < -0.4 is 20.1 Å². The van der Waals surface area contributed by atoms with Crippen LogP contribution in [0.3, 0.4) is 0 Å². The van der Waals surface area contributed by atoms with Crippen LogP contribution in [0.25, 0.3) is 0 Å². The molecule has 23 heavy (non-hydrogen) atoms. The van der Waals surface area contributed by atoms with Crippen molar-refractivity contribution in [2.45, 2.75) is 12.6 Å². The van der Waals surface area contributed by atoms with Gasteiger partial charge in [0.05, 0.1) is 11.4 Å². The van der Waals surface area contributed by atoms with Crippen LogP contribution in [-0.4, -0.2) is 24.4 Å². The lowest BCUT2D eigenvalue weighted by Gasteiger charge is -2.30. The summed E-state index contributed by atoms with van der Waals surface area (Å²) in [5, 5.41) is 5.31. The fourth-order valence-corrected chi connectivity index (χ4v) is 2.36. The third kappa shape index (κ3) is 2.47. The highest BCUT2D eigenvalue weighted by Gasteiger charge is 2.36. The van der Waals surface area contributed by atoms with E-state index in [2.05, 4.69) is 10.6 Å². The van der Waals surface area contributed by atoms with E-state index in [9.17, 15) is 9.59 Å². The minimum absolute atomic E-state index is 0.466. The minimum Gasteiger partial charge on any atom is -0.453 e. The molecule has 0 radical (unpaired) electrons. The van der Waals surface area contributed by atoms with Crippen molar-refractivity contribution in [2.75, 3.05) is 10.6 Å². The molecule has 2 aliphatic heterocycles. The zero-order valence-electron chi connectivity index (χ0n) is 11.8. The Morgan fingerprint density at radius 3 is 1.65 bits per heavy atom. The van der Waals surface area contributed by atoms with Gasteiger partial charge in [-0.05, 0) is 24.3 Å². The zero-order valence-corrected chi connectivity index (χ0v) is 11.8. The Bertz CT molecular complexity index is 726. The summed E-state index contributed by atoms with van der Waals surface area (Å²) in [7, 11) is 0. The Kier molecular flexibility index (Phi) is 3.13. The quantitative estimate of drug-likeness (QED) is 0.882. The van der Waals surface area contributed by atoms with E-state index >= 15 is 0 Å². The molecule has 2 aromatic carbocycles. The van der Waals surface area contributed by atoms with Crippen LogP contribution in [0.2, 0.25) is 0 Å². The van der Waals surface area contributed by atoms with Crippen LogP contribution in [0.5, 0.6) is 11.5 Å². The number of fused-ring (bicyclic) bond motifs is 2. The summed E-state index contributed by atoms with van der Waals surface area (Å²) in [6.45, 7) is 0. The molecule has 2 amide bonds. The number of carbonyl (C=O) groups is 2. The number of hydrogen-bond acceptors (Lipinski definition) is 5. The van der Waals surface area contributed by atoms with Gasteiger partial charge in [-0.2, -0.15) is 0 Å². The Morgan fingerprint density at radius 2 is 1.17 bits per heavy atom. The molecule has 7 heteroatoms. The number of anilines is 2. The average molecular weight is 312 g/mol. The molecule has 2 aromatic rings. The summed E-state index contributed by atoms with van der Waals surface area (Å²) in [4.78, 5) is 24.1. The van der Waals surface area contributed by atoms with Crippen LogP contribution in [0.4, 0.5) is 11.4 Å². The van der Waals surface area contributed by atoms with E-state index in [1.165, 1.54) is 0 Å². The third-order valence-electron chi connectivity index (χ3n) is 3.43. The number of para-hydroxylation sites is 4. The molecular formula is C16H12N2O5. The molecule has 116 valence electrons. The van der Waals surface area contributed by atoms with E-state index in [1.807, 2.05) is 0 Å². The number of rotatable bonds is 2. The maximum atomic E-state index is 12.0. The average Bonchev–Trinajstić information content (AvgIpc) is 2.56. The predicted molar refractivity (Wildman–Crippen MR) is 80.1 cm³/mol. The molecule has 0 aliphatic carbocycles. The number of nitrogens with one attached hydrogen (secondary N) is 2. The molecule has 0 fully saturated rings. The SMILES string of the molecule is O=C1Nc2ccccc2O[C@@H]1O[C@H]1Oc2ccccc2NC1=O. The first kappa shape index (κ1) is 13.6. The van der Waals surface area contributed by atoms with E-state index in [-0.39, 0.29) is 0 Å². The van der Waals surface area contributed by atoms with Crippen molar-refractivity contribution < 1.29 is 23.8 Å². The smallest absolute Gasteiger partial charge is 0.294 e. The summed E-state index contributed by atoms with van der Waals surface area (Å²) in [6.07, 6.45) is -2.54. The van der Waals surface area contributed by atoms with Crippen molar-refractivity contribution in [2.24, 2.45) is 0 Å². The third-order valence-corrected chi connectivity index (χ3v) is 3.43. The Hall–Kier alpha value is -3.06. The molecule has 4 rings (SSSR count). The van der Waals surface area contributed by atoms with Crippen molar-refractivity contribution in [3.63, 3.8) is 0 Å². The molecule has 0 bridgehead atoms. The van der Waals surface area contributed by atoms with Crippen LogP contribution in [0.1, 0.15) is 0 Å². The van der Waals surface area contributed by atoms with Gasteiger partial charge in [0.2, 0.25) is 0 Å². The monoisotopic (exact) mass is 312 g/mol. The van der Waals surface area contributed by atoms with Gasteiger partial charge in [-0.25, -0.2) is 0 Å². The minimum atomic E-state index is -1.27. The van der Waals surface area contributed by atoms with Crippen molar-refractivity contribution in [1.29, 1.82) is 0 Å². The lowest BCUT2D eigenvalue weighted by molar-refractivity contribution is -0.193. The number of amides is 2. The van der Waals surface area contributed by atoms with Crippen molar-refractivity contribution in [3.8, 4) is 11.5 Å². The van der Waals surface area contributed by atoms with Crippen molar-refractivity contribution in [1.82, 2.24) is 0 Å². The molecule has 2 N–H and O–H groups in total. The second-order valence-electron chi connectivity index (χ2n) is 5.01. The summed E-state index contributed by atoms with van der Waals surface area (Å²) in [5.74, 6) is -0.0691. The fourth-order valence-electron chi connectivity index (χ4n) is 2.36. The summed E-state index contributed by atoms with van der Waals surface area (Å²) in [6, 6.07) is 13.9. The normalized spacial score (nSPS) is 21.9. The standard InChI is InChI=1S/C16H12N2O5/c19-13-15(21-11-7-3-1-5-9(11)17-13)23-16-14(20)18-10-6-2-4-8-12(10)22-16/h1-8,15-16H,(H,17,19)(H,18,20)/t15-,16-/m1/s1. The van der Waals surface area contributed by atoms with E-state index in [0.29, 0.717) is 22.9 Å². The Morgan fingerprint density at radius 1 is 0.739 bits per heavy atom. The maximum absolute atomic E-state index is 12.0. The first-order valence-electron chi connectivity index (χ1n) is 6.99. The second-order valence-corrected chi connectivity index (χ2v) is 5.01. The van der Waals surface area contributed by atoms with Gasteiger partial charge in [0.15, 0.2) is 0 Å². The predicted octanol–water partition coefficient (Wildman–Crippen LogP) is 1.72. The highest BCUT2D eigenvalue weighted by atomic mass is 16.8. The molecule has 0 aromatic heterocycles. The fraction of sp³-hybridized carbons (Fsp3) is 0.125. The van der Waals surface area contributed by atoms with E-state index in [1.54, 1.807) is 48.5 Å². The van der Waals surface area contributed by atoms with Crippen LogP contribution in [0.15, 0.2) is 48.5 Å². The lowest BCUT2D eigenvalue weighted by Crippen LogP contribution is -2.47. The number of benzene rings is 2. The summed E-state index contributed by atoms with van der Waals surface area (Å²) in [5.41, 5.74) is 1.11. The highest BCUT2D eigenvalue weighted by Crippen LogP contribution is 2.32. The van der Waals surface area contributed by atoms with Crippen molar-refractivity contribution in [3.05, 3.63) is 48.5 Å². The zero-order chi connectivity index (χ0) is 15.8. The van der Waals surface area contributed by atoms with Gasteiger partial charge in [0.1, 0.15) is 11.5 Å². The second kappa shape index (κ2) is 5.29. The molecule has 0 unspecified atom stereocenters. The molecule has 0 saturated heterocycles. The van der Waals surface area contributed by atoms with Crippen LogP contribution in [-0.2, 0) is 14.3 Å². The van der Waals surface area contributed by atoms with Gasteiger partial charge in [-0.1, -0.05) is 24.3 Å². The Balaban J connectivity index is 1.53. The summed E-state index contributed by atoms with van der Waals surface area (Å²) >= 11 is 0. The largest absolute Gasteiger partial charge is 0.453 e. The molecular weight excluding hydrogens is 300 g/mol. The van der Waals surface area contributed by atoms with Crippen LogP contribution >= 0.6 is 0 Å². The highest BCUT2D eigenvalue weighted by molar-refractivity contribution is 5.99. The van der Waals surface area contributed by atoms with E-state index < -0.39 is 24.4 Å². The van der Waals surface area contributed by atoms with Crippen molar-refractivity contribution >= 4 is 23.2 Å². The first-order chi connectivity index (χ1) is 11.2. The van der Waals surface area contributed by atoms with E-state index in [0.717, 1.165) is 0 Å². The Labute approximate surface area is 131 Å². The van der Waals surface area contributed by atoms with Gasteiger partial charge < -0.3 is 20.1 Å². The van der Waals surface area contributed by atoms with Gasteiger partial charge >= 0.3 is 0 Å². The molecule has 2 heterocycles. The first-order valence-corrected chi connectivity index (χ1v) is 6.99. The van der Waals surface area contributed by atoms with Gasteiger partial charge in [0.25, 0.3) is 24.4 Å². The van der Waals surface area contributed by atoms with Crippen LogP contribution in [0, 0.1) is 0 Å². The number of carbonyl (C=O) groups excluding carboxylic acids is 2. The topological polar surface area (TPSA) is 85.9 Å². The van der Waals surface area contributed by atoms with Gasteiger partial charge in [-0.3, -0.25) is 14.3 Å². The molecule has 0 saturated carbocycles. The maximum Gasteiger partial charge on any atom is 0.294 e. The molecule has 2 atom stereocenters. The number of hydrogen-bond donors (Lipinski definition) is 2. The number of ether oxygens (including phenoxy) is 3. The van der Waals surface area contributed by atoms with Gasteiger partial charge in [-0.15, -0.1) is 0 Å². The summed E-state index contributed by atoms with van der Waals surface area (Å²) < 4.78 is 16.4.